The topological polar surface area (TPSA) is 56.0 Å². The van der Waals surface area contributed by atoms with Crippen LogP contribution in [0, 0.1) is 10.1 Å². The molecule has 0 radical (unpaired) electrons. The third kappa shape index (κ3) is 2.17. The maximum atomic E-state index is 10.5. The van der Waals surface area contributed by atoms with Crippen LogP contribution < -0.4 is 0 Å². The lowest BCUT2D eigenvalue weighted by molar-refractivity contribution is -0.384. The minimum absolute atomic E-state index is 0.0747. The quantitative estimate of drug-likeness (QED) is 0.455. The molecule has 2 rings (SSSR count). The van der Waals surface area contributed by atoms with E-state index in [2.05, 4.69) is 4.98 Å². The number of nitro benzene ring substituents is 1. The first-order valence-electron chi connectivity index (χ1n) is 4.53. The molecular formula is C11H7ClN2O2. The van der Waals surface area contributed by atoms with Crippen LogP contribution in [0.2, 0.25) is 5.15 Å². The monoisotopic (exact) mass is 234 g/mol. The number of aromatic nitrogens is 1. The average molecular weight is 235 g/mol. The second kappa shape index (κ2) is 4.28. The molecule has 0 aliphatic carbocycles. The summed E-state index contributed by atoms with van der Waals surface area (Å²) in [6, 6.07) is 9.79. The van der Waals surface area contributed by atoms with Crippen molar-refractivity contribution in [3.63, 3.8) is 0 Å². The molecule has 0 atom stereocenters. The van der Waals surface area contributed by atoms with Gasteiger partial charge in [0.2, 0.25) is 0 Å². The Morgan fingerprint density at radius 1 is 1.06 bits per heavy atom. The summed E-state index contributed by atoms with van der Waals surface area (Å²) in [6.45, 7) is 0. The molecule has 0 saturated heterocycles. The van der Waals surface area contributed by atoms with E-state index in [4.69, 9.17) is 11.6 Å². The fraction of sp³-hybridized carbons (Fsp3) is 0. The summed E-state index contributed by atoms with van der Waals surface area (Å²) in [6.07, 6.45) is 1.63. The van der Waals surface area contributed by atoms with Crippen LogP contribution in [0.4, 0.5) is 5.69 Å². The van der Waals surface area contributed by atoms with Gasteiger partial charge in [0, 0.05) is 23.9 Å². The lowest BCUT2D eigenvalue weighted by atomic mass is 10.1. The molecule has 2 aromatic rings. The van der Waals surface area contributed by atoms with Gasteiger partial charge in [0.1, 0.15) is 5.15 Å². The van der Waals surface area contributed by atoms with E-state index in [1.165, 1.54) is 12.1 Å². The summed E-state index contributed by atoms with van der Waals surface area (Å²) in [5, 5.41) is 10.9. The molecule has 0 unspecified atom stereocenters. The van der Waals surface area contributed by atoms with Crippen LogP contribution in [0.3, 0.4) is 0 Å². The fourth-order valence-corrected chi connectivity index (χ4v) is 1.43. The van der Waals surface area contributed by atoms with Crippen LogP contribution in [0.5, 0.6) is 0 Å². The van der Waals surface area contributed by atoms with Crippen LogP contribution in [0.15, 0.2) is 42.6 Å². The van der Waals surface area contributed by atoms with E-state index >= 15 is 0 Å². The van der Waals surface area contributed by atoms with Crippen LogP contribution in [0.25, 0.3) is 11.1 Å². The van der Waals surface area contributed by atoms with E-state index in [1.54, 1.807) is 24.4 Å². The highest BCUT2D eigenvalue weighted by Gasteiger charge is 2.05. The molecule has 4 nitrogen and oxygen atoms in total. The molecule has 1 aromatic heterocycles. The Hall–Kier alpha value is -1.94. The molecule has 0 bridgehead atoms. The van der Waals surface area contributed by atoms with Crippen LogP contribution >= 0.6 is 11.6 Å². The molecule has 0 N–H and O–H groups in total. The van der Waals surface area contributed by atoms with Crippen molar-refractivity contribution in [2.24, 2.45) is 0 Å². The zero-order valence-corrected chi connectivity index (χ0v) is 8.89. The minimum atomic E-state index is -0.427. The van der Waals surface area contributed by atoms with E-state index in [1.807, 2.05) is 6.07 Å². The van der Waals surface area contributed by atoms with Gasteiger partial charge in [-0.05, 0) is 29.8 Å². The first-order chi connectivity index (χ1) is 7.66. The zero-order valence-electron chi connectivity index (χ0n) is 8.13. The summed E-state index contributed by atoms with van der Waals surface area (Å²) in [5.74, 6) is 0. The fourth-order valence-electron chi connectivity index (χ4n) is 1.32. The maximum absolute atomic E-state index is 10.5. The number of hydrogen-bond donors (Lipinski definition) is 0. The molecule has 0 spiro atoms. The molecule has 16 heavy (non-hydrogen) atoms. The second-order valence-corrected chi connectivity index (χ2v) is 3.56. The van der Waals surface area contributed by atoms with Crippen LogP contribution in [-0.2, 0) is 0 Å². The Balaban J connectivity index is 2.34. The Morgan fingerprint density at radius 2 is 1.69 bits per heavy atom. The second-order valence-electron chi connectivity index (χ2n) is 3.17. The number of nitrogens with zero attached hydrogens (tertiary/aromatic N) is 2. The van der Waals surface area contributed by atoms with Crippen molar-refractivity contribution in [3.8, 4) is 11.1 Å². The molecule has 5 heteroatoms. The van der Waals surface area contributed by atoms with Gasteiger partial charge in [-0.1, -0.05) is 11.6 Å². The summed E-state index contributed by atoms with van der Waals surface area (Å²) in [5.41, 5.74) is 1.82. The first-order valence-corrected chi connectivity index (χ1v) is 4.91. The molecule has 80 valence electrons. The number of hydrogen-bond acceptors (Lipinski definition) is 3. The van der Waals surface area contributed by atoms with Gasteiger partial charge in [-0.3, -0.25) is 10.1 Å². The predicted octanol–water partition coefficient (Wildman–Crippen LogP) is 3.31. The highest BCUT2D eigenvalue weighted by molar-refractivity contribution is 6.29. The van der Waals surface area contributed by atoms with Crippen molar-refractivity contribution in [2.45, 2.75) is 0 Å². The summed E-state index contributed by atoms with van der Waals surface area (Å²) in [7, 11) is 0. The third-order valence-corrected chi connectivity index (χ3v) is 2.36. The lowest BCUT2D eigenvalue weighted by Gasteiger charge is -2.00. The van der Waals surface area contributed by atoms with E-state index in [9.17, 15) is 10.1 Å². The van der Waals surface area contributed by atoms with Gasteiger partial charge < -0.3 is 0 Å². The molecule has 1 aromatic carbocycles. The van der Waals surface area contributed by atoms with E-state index in [0.29, 0.717) is 5.15 Å². The van der Waals surface area contributed by atoms with Crippen LogP contribution in [0.1, 0.15) is 0 Å². The molecule has 1 heterocycles. The van der Waals surface area contributed by atoms with E-state index < -0.39 is 4.92 Å². The Morgan fingerprint density at radius 3 is 2.19 bits per heavy atom. The molecule has 0 aliphatic heterocycles. The number of halogens is 1. The van der Waals surface area contributed by atoms with Crippen molar-refractivity contribution in [1.82, 2.24) is 4.98 Å². The Labute approximate surface area is 96.7 Å². The minimum Gasteiger partial charge on any atom is -0.258 e. The average Bonchev–Trinajstić information content (AvgIpc) is 2.30. The smallest absolute Gasteiger partial charge is 0.258 e. The van der Waals surface area contributed by atoms with Crippen molar-refractivity contribution in [2.75, 3.05) is 0 Å². The maximum Gasteiger partial charge on any atom is 0.269 e. The predicted molar refractivity (Wildman–Crippen MR) is 61.3 cm³/mol. The van der Waals surface area contributed by atoms with Crippen molar-refractivity contribution < 1.29 is 4.92 Å². The van der Waals surface area contributed by atoms with Gasteiger partial charge in [0.25, 0.3) is 5.69 Å². The summed E-state index contributed by atoms with van der Waals surface area (Å²) < 4.78 is 0. The van der Waals surface area contributed by atoms with Crippen LogP contribution in [-0.4, -0.2) is 9.91 Å². The number of pyridine rings is 1. The van der Waals surface area contributed by atoms with E-state index in [-0.39, 0.29) is 5.69 Å². The van der Waals surface area contributed by atoms with Gasteiger partial charge >= 0.3 is 0 Å². The number of nitro groups is 1. The highest BCUT2D eigenvalue weighted by atomic mass is 35.5. The Kier molecular flexibility index (Phi) is 2.83. The largest absolute Gasteiger partial charge is 0.269 e. The SMILES string of the molecule is O=[N+]([O-])c1ccc(-c2ccc(Cl)nc2)cc1. The lowest BCUT2D eigenvalue weighted by Crippen LogP contribution is -1.87. The third-order valence-electron chi connectivity index (χ3n) is 2.14. The molecule has 0 aliphatic rings. The van der Waals surface area contributed by atoms with Gasteiger partial charge in [-0.25, -0.2) is 4.98 Å². The zero-order chi connectivity index (χ0) is 11.5. The van der Waals surface area contributed by atoms with Gasteiger partial charge in [0.15, 0.2) is 0 Å². The van der Waals surface area contributed by atoms with Crippen molar-refractivity contribution >= 4 is 17.3 Å². The van der Waals surface area contributed by atoms with Gasteiger partial charge in [-0.2, -0.15) is 0 Å². The number of benzene rings is 1. The molecular weight excluding hydrogens is 228 g/mol. The molecule has 0 amide bonds. The van der Waals surface area contributed by atoms with Gasteiger partial charge in [-0.15, -0.1) is 0 Å². The first kappa shape index (κ1) is 10.6. The standard InChI is InChI=1S/C11H7ClN2O2/c12-11-6-3-9(7-13-11)8-1-4-10(5-2-8)14(15)16/h1-7H. The highest BCUT2D eigenvalue weighted by Crippen LogP contribution is 2.22. The van der Waals surface area contributed by atoms with Crippen molar-refractivity contribution in [3.05, 3.63) is 57.9 Å². The summed E-state index contributed by atoms with van der Waals surface area (Å²) >= 11 is 5.67. The number of non-ortho nitro benzene ring substituents is 1. The normalized spacial score (nSPS) is 10.1. The molecule has 0 saturated carbocycles. The summed E-state index contributed by atoms with van der Waals surface area (Å²) in [4.78, 5) is 14.0. The molecule has 0 fully saturated rings. The van der Waals surface area contributed by atoms with E-state index in [0.717, 1.165) is 11.1 Å². The number of rotatable bonds is 2. The Bertz CT molecular complexity index is 509. The van der Waals surface area contributed by atoms with Crippen molar-refractivity contribution in [1.29, 1.82) is 0 Å². The van der Waals surface area contributed by atoms with Gasteiger partial charge in [0.05, 0.1) is 4.92 Å².